The first-order chi connectivity index (χ1) is 12.4. The molecule has 148 valence electrons. The van der Waals surface area contributed by atoms with Crippen LogP contribution in [0.5, 0.6) is 0 Å². The SMILES string of the molecule is CC(C)CC[C@@H](C)[C@H]1CC[C@H]2[C@@H]3CC=C4C[C@@H](O)CC[C@@H]4[C@H]3CC[C@]12C. The van der Waals surface area contributed by atoms with Crippen molar-refractivity contribution in [1.82, 2.24) is 0 Å². The Labute approximate surface area is 162 Å². The van der Waals surface area contributed by atoms with Gasteiger partial charge < -0.3 is 5.11 Å². The van der Waals surface area contributed by atoms with E-state index in [1.54, 1.807) is 5.57 Å². The second kappa shape index (κ2) is 7.26. The van der Waals surface area contributed by atoms with Gasteiger partial charge in [-0.2, -0.15) is 0 Å². The van der Waals surface area contributed by atoms with Gasteiger partial charge in [0.25, 0.3) is 0 Å². The first-order valence-corrected chi connectivity index (χ1v) is 11.8. The summed E-state index contributed by atoms with van der Waals surface area (Å²) in [5.41, 5.74) is 2.24. The van der Waals surface area contributed by atoms with Crippen LogP contribution >= 0.6 is 0 Å². The molecule has 4 aliphatic carbocycles. The summed E-state index contributed by atoms with van der Waals surface area (Å²) in [6.45, 7) is 10.0. The Morgan fingerprint density at radius 3 is 2.62 bits per heavy atom. The molecule has 0 aromatic carbocycles. The van der Waals surface area contributed by atoms with Crippen molar-refractivity contribution in [2.75, 3.05) is 0 Å². The van der Waals surface area contributed by atoms with Crippen LogP contribution in [0.15, 0.2) is 11.6 Å². The summed E-state index contributed by atoms with van der Waals surface area (Å²) >= 11 is 0. The fourth-order valence-corrected chi connectivity index (χ4v) is 8.02. The normalized spacial score (nSPS) is 46.3. The molecule has 3 fully saturated rings. The molecule has 0 aromatic rings. The summed E-state index contributed by atoms with van der Waals surface area (Å²) in [5.74, 6) is 6.39. The van der Waals surface area contributed by atoms with Crippen molar-refractivity contribution >= 4 is 0 Å². The number of allylic oxidation sites excluding steroid dienone is 1. The van der Waals surface area contributed by atoms with Gasteiger partial charge in [0.05, 0.1) is 6.10 Å². The zero-order valence-electron chi connectivity index (χ0n) is 17.7. The minimum Gasteiger partial charge on any atom is -0.393 e. The second-order valence-electron chi connectivity index (χ2n) is 11.2. The molecule has 0 saturated heterocycles. The molecule has 3 saturated carbocycles. The molecule has 0 amide bonds. The predicted molar refractivity (Wildman–Crippen MR) is 110 cm³/mol. The van der Waals surface area contributed by atoms with Crippen LogP contribution in [0.3, 0.4) is 0 Å². The van der Waals surface area contributed by atoms with Crippen molar-refractivity contribution in [2.24, 2.45) is 46.8 Å². The number of fused-ring (bicyclic) bond motifs is 5. The maximum absolute atomic E-state index is 10.1. The molecular weight excluding hydrogens is 316 g/mol. The van der Waals surface area contributed by atoms with Crippen molar-refractivity contribution in [2.45, 2.75) is 98.0 Å². The lowest BCUT2D eigenvalue weighted by molar-refractivity contribution is -0.0296. The fourth-order valence-electron chi connectivity index (χ4n) is 8.02. The van der Waals surface area contributed by atoms with Crippen LogP contribution < -0.4 is 0 Å². The van der Waals surface area contributed by atoms with Gasteiger partial charge in [0, 0.05) is 0 Å². The minimum absolute atomic E-state index is 0.0550. The van der Waals surface area contributed by atoms with Gasteiger partial charge in [0.2, 0.25) is 0 Å². The van der Waals surface area contributed by atoms with E-state index in [4.69, 9.17) is 0 Å². The average molecular weight is 359 g/mol. The molecule has 0 bridgehead atoms. The molecule has 0 aromatic heterocycles. The zero-order chi connectivity index (χ0) is 18.5. The van der Waals surface area contributed by atoms with E-state index in [0.29, 0.717) is 5.41 Å². The average Bonchev–Trinajstić information content (AvgIpc) is 2.96. The molecule has 0 radical (unpaired) electrons. The van der Waals surface area contributed by atoms with Crippen LogP contribution in [0.1, 0.15) is 91.9 Å². The topological polar surface area (TPSA) is 20.2 Å². The molecule has 4 aliphatic rings. The Bertz CT molecular complexity index is 534. The summed E-state index contributed by atoms with van der Waals surface area (Å²) < 4.78 is 0. The zero-order valence-corrected chi connectivity index (χ0v) is 17.7. The van der Waals surface area contributed by atoms with Gasteiger partial charge >= 0.3 is 0 Å². The Kier molecular flexibility index (Phi) is 5.32. The first-order valence-electron chi connectivity index (χ1n) is 11.8. The van der Waals surface area contributed by atoms with E-state index in [9.17, 15) is 5.11 Å². The fraction of sp³-hybridized carbons (Fsp3) is 0.920. The first kappa shape index (κ1) is 19.0. The van der Waals surface area contributed by atoms with E-state index in [0.717, 1.165) is 54.3 Å². The Balaban J connectivity index is 1.49. The Morgan fingerprint density at radius 1 is 1.04 bits per heavy atom. The summed E-state index contributed by atoms with van der Waals surface area (Å²) in [7, 11) is 0. The van der Waals surface area contributed by atoms with Crippen molar-refractivity contribution < 1.29 is 5.11 Å². The third kappa shape index (κ3) is 3.21. The highest BCUT2D eigenvalue weighted by Gasteiger charge is 2.56. The van der Waals surface area contributed by atoms with E-state index in [1.807, 2.05) is 0 Å². The van der Waals surface area contributed by atoms with Crippen molar-refractivity contribution in [3.8, 4) is 0 Å². The second-order valence-corrected chi connectivity index (χ2v) is 11.2. The smallest absolute Gasteiger partial charge is 0.0577 e. The number of rotatable bonds is 4. The highest BCUT2D eigenvalue weighted by molar-refractivity contribution is 5.20. The number of aliphatic hydroxyl groups excluding tert-OH is 1. The molecule has 4 rings (SSSR count). The van der Waals surface area contributed by atoms with Crippen molar-refractivity contribution in [3.05, 3.63) is 11.6 Å². The van der Waals surface area contributed by atoms with Crippen molar-refractivity contribution in [3.63, 3.8) is 0 Å². The number of aliphatic hydroxyl groups is 1. The standard InChI is InChI=1S/C25H42O/c1-16(2)5-6-17(3)23-11-12-24-22-9-7-18-15-19(26)8-10-20(18)21(22)13-14-25(23,24)4/h7,16-17,19-24,26H,5-6,8-15H2,1-4H3/t17-,19+,20+,21-,22-,23-,24+,25-/m1/s1. The van der Waals surface area contributed by atoms with E-state index < -0.39 is 0 Å². The van der Waals surface area contributed by atoms with E-state index in [1.165, 1.54) is 51.4 Å². The molecule has 1 nitrogen and oxygen atoms in total. The lowest BCUT2D eigenvalue weighted by Gasteiger charge is -2.54. The lowest BCUT2D eigenvalue weighted by atomic mass is 9.51. The largest absolute Gasteiger partial charge is 0.393 e. The number of hydrogen-bond acceptors (Lipinski definition) is 1. The van der Waals surface area contributed by atoms with Crippen molar-refractivity contribution in [1.29, 1.82) is 0 Å². The van der Waals surface area contributed by atoms with Gasteiger partial charge in [-0.3, -0.25) is 0 Å². The predicted octanol–water partition coefficient (Wildman–Crippen LogP) is 6.61. The maximum atomic E-state index is 10.1. The highest BCUT2D eigenvalue weighted by Crippen LogP contribution is 2.64. The Hall–Kier alpha value is -0.300. The molecule has 0 aliphatic heterocycles. The monoisotopic (exact) mass is 358 g/mol. The molecule has 8 atom stereocenters. The maximum Gasteiger partial charge on any atom is 0.0577 e. The van der Waals surface area contributed by atoms with Crippen LogP contribution in [0, 0.1) is 46.8 Å². The van der Waals surface area contributed by atoms with Gasteiger partial charge in [-0.15, -0.1) is 0 Å². The van der Waals surface area contributed by atoms with Gasteiger partial charge in [0.1, 0.15) is 0 Å². The molecule has 0 heterocycles. The van der Waals surface area contributed by atoms with Crippen LogP contribution in [0.4, 0.5) is 0 Å². The van der Waals surface area contributed by atoms with Crippen LogP contribution in [-0.4, -0.2) is 11.2 Å². The van der Waals surface area contributed by atoms with Gasteiger partial charge in [-0.25, -0.2) is 0 Å². The summed E-state index contributed by atoms with van der Waals surface area (Å²) in [5, 5.41) is 10.1. The van der Waals surface area contributed by atoms with Crippen LogP contribution in [-0.2, 0) is 0 Å². The third-order valence-corrected chi connectivity index (χ3v) is 9.38. The molecular formula is C25H42O. The summed E-state index contributed by atoms with van der Waals surface area (Å²) in [6.07, 6.45) is 15.9. The quantitative estimate of drug-likeness (QED) is 0.561. The van der Waals surface area contributed by atoms with Gasteiger partial charge in [-0.1, -0.05) is 52.2 Å². The molecule has 0 unspecified atom stereocenters. The molecule has 26 heavy (non-hydrogen) atoms. The molecule has 1 N–H and O–H groups in total. The number of hydrogen-bond donors (Lipinski definition) is 1. The highest BCUT2D eigenvalue weighted by atomic mass is 16.3. The lowest BCUT2D eigenvalue weighted by Crippen LogP contribution is -2.47. The third-order valence-electron chi connectivity index (χ3n) is 9.38. The van der Waals surface area contributed by atoms with E-state index in [-0.39, 0.29) is 6.10 Å². The molecule has 1 heteroatoms. The molecule has 0 spiro atoms. The van der Waals surface area contributed by atoms with E-state index in [2.05, 4.69) is 33.8 Å². The van der Waals surface area contributed by atoms with Crippen LogP contribution in [0.2, 0.25) is 0 Å². The summed E-state index contributed by atoms with van der Waals surface area (Å²) in [6, 6.07) is 0. The minimum atomic E-state index is -0.0550. The van der Waals surface area contributed by atoms with Gasteiger partial charge in [-0.05, 0) is 98.2 Å². The summed E-state index contributed by atoms with van der Waals surface area (Å²) in [4.78, 5) is 0. The van der Waals surface area contributed by atoms with E-state index >= 15 is 0 Å². The van der Waals surface area contributed by atoms with Crippen LogP contribution in [0.25, 0.3) is 0 Å². The van der Waals surface area contributed by atoms with Gasteiger partial charge in [0.15, 0.2) is 0 Å². The Morgan fingerprint density at radius 2 is 1.85 bits per heavy atom.